The van der Waals surface area contributed by atoms with Gasteiger partial charge >= 0.3 is 0 Å². The van der Waals surface area contributed by atoms with Crippen LogP contribution in [-0.4, -0.2) is 23.0 Å². The number of halogens is 1. The predicted octanol–water partition coefficient (Wildman–Crippen LogP) is 2.74. The van der Waals surface area contributed by atoms with Gasteiger partial charge in [-0.1, -0.05) is 13.0 Å². The Bertz CT molecular complexity index is 1010. The van der Waals surface area contributed by atoms with E-state index >= 15 is 0 Å². The lowest BCUT2D eigenvalue weighted by Crippen LogP contribution is -2.32. The van der Waals surface area contributed by atoms with Crippen molar-refractivity contribution >= 4 is 5.82 Å². The lowest BCUT2D eigenvalue weighted by Gasteiger charge is -2.30. The Morgan fingerprint density at radius 1 is 1.26 bits per heavy atom. The van der Waals surface area contributed by atoms with Gasteiger partial charge in [0.15, 0.2) is 0 Å². The van der Waals surface area contributed by atoms with Gasteiger partial charge < -0.3 is 10.7 Å². The third-order valence-electron chi connectivity index (χ3n) is 5.08. The zero-order valence-corrected chi connectivity index (χ0v) is 15.1. The molecule has 27 heavy (non-hydrogen) atoms. The molecule has 138 valence electrons. The molecule has 1 aromatic heterocycles. The number of aromatic nitrogens is 1. The van der Waals surface area contributed by atoms with Gasteiger partial charge in [0.25, 0.3) is 5.56 Å². The number of nitrogens with zero attached hydrogens (tertiary/aromatic N) is 3. The number of hydrogen-bond acceptors (Lipinski definition) is 5. The molecule has 3 N–H and O–H groups in total. The van der Waals surface area contributed by atoms with Crippen molar-refractivity contribution in [3.05, 3.63) is 51.1 Å². The number of rotatable bonds is 3. The Morgan fingerprint density at radius 2 is 1.93 bits per heavy atom. The molecule has 0 atom stereocenters. The Kier molecular flexibility index (Phi) is 5.25. The van der Waals surface area contributed by atoms with Crippen LogP contribution in [0.2, 0.25) is 0 Å². The van der Waals surface area contributed by atoms with Crippen LogP contribution < -0.4 is 11.3 Å². The van der Waals surface area contributed by atoms with Gasteiger partial charge in [-0.25, -0.2) is 4.39 Å². The number of likely N-dealkylation sites (tertiary alicyclic amines) is 1. The molecule has 0 radical (unpaired) electrons. The first-order valence-corrected chi connectivity index (χ1v) is 8.81. The molecule has 0 bridgehead atoms. The monoisotopic (exact) mass is 365 g/mol. The fourth-order valence-electron chi connectivity index (χ4n) is 3.51. The number of nitriles is 2. The standard InChI is InChI=1S/C20H20FN5O/c1-12-4-6-26(7-5-12)11-13-8-14(21)2-3-15(13)18-16(9-22)19(24)25-20(27)17(18)10-23/h2-3,8,12H,4-7,11H2,1H3,(H3,24,25,27). The summed E-state index contributed by atoms with van der Waals surface area (Å²) in [5.74, 6) is 0.156. The summed E-state index contributed by atoms with van der Waals surface area (Å²) in [5.41, 5.74) is 6.25. The first-order valence-electron chi connectivity index (χ1n) is 8.81. The molecule has 1 aromatic carbocycles. The Balaban J connectivity index is 2.15. The summed E-state index contributed by atoms with van der Waals surface area (Å²) >= 11 is 0. The molecule has 1 aliphatic heterocycles. The van der Waals surface area contributed by atoms with E-state index in [1.54, 1.807) is 0 Å². The van der Waals surface area contributed by atoms with Gasteiger partial charge in [-0.05, 0) is 55.1 Å². The smallest absolute Gasteiger partial charge is 0.268 e. The van der Waals surface area contributed by atoms with Crippen LogP contribution in [-0.2, 0) is 6.54 Å². The number of hydrogen-bond donors (Lipinski definition) is 2. The summed E-state index contributed by atoms with van der Waals surface area (Å²) < 4.78 is 14.0. The molecule has 7 heteroatoms. The molecule has 1 saturated heterocycles. The van der Waals surface area contributed by atoms with Gasteiger partial charge in [0, 0.05) is 12.1 Å². The minimum Gasteiger partial charge on any atom is -0.384 e. The average molecular weight is 365 g/mol. The number of nitrogens with two attached hydrogens (primary N) is 1. The molecule has 0 amide bonds. The fourth-order valence-corrected chi connectivity index (χ4v) is 3.51. The second-order valence-corrected chi connectivity index (χ2v) is 6.98. The van der Waals surface area contributed by atoms with Crippen molar-refractivity contribution in [1.82, 2.24) is 9.88 Å². The highest BCUT2D eigenvalue weighted by atomic mass is 19.1. The molecular formula is C20H20FN5O. The van der Waals surface area contributed by atoms with Crippen molar-refractivity contribution in [2.75, 3.05) is 18.8 Å². The maximum atomic E-state index is 14.0. The van der Waals surface area contributed by atoms with Crippen LogP contribution in [0.1, 0.15) is 36.5 Å². The molecule has 3 rings (SSSR count). The van der Waals surface area contributed by atoms with Gasteiger partial charge in [0.1, 0.15) is 34.9 Å². The molecule has 0 unspecified atom stereocenters. The topological polar surface area (TPSA) is 110 Å². The van der Waals surface area contributed by atoms with Crippen LogP contribution in [0.5, 0.6) is 0 Å². The van der Waals surface area contributed by atoms with Gasteiger partial charge in [-0.15, -0.1) is 0 Å². The summed E-state index contributed by atoms with van der Waals surface area (Å²) in [7, 11) is 0. The number of aromatic amines is 1. The molecule has 2 heterocycles. The highest BCUT2D eigenvalue weighted by Crippen LogP contribution is 2.32. The molecule has 0 saturated carbocycles. The highest BCUT2D eigenvalue weighted by molar-refractivity contribution is 5.81. The number of benzene rings is 1. The summed E-state index contributed by atoms with van der Waals surface area (Å²) in [5, 5.41) is 19.0. The normalized spacial score (nSPS) is 15.3. The van der Waals surface area contributed by atoms with Crippen LogP contribution in [0.25, 0.3) is 11.1 Å². The second-order valence-electron chi connectivity index (χ2n) is 6.98. The van der Waals surface area contributed by atoms with E-state index in [-0.39, 0.29) is 22.5 Å². The number of H-pyrrole nitrogens is 1. The van der Waals surface area contributed by atoms with Crippen LogP contribution in [0.15, 0.2) is 23.0 Å². The zero-order chi connectivity index (χ0) is 19.6. The van der Waals surface area contributed by atoms with Crippen LogP contribution >= 0.6 is 0 Å². The predicted molar refractivity (Wildman–Crippen MR) is 100.0 cm³/mol. The van der Waals surface area contributed by atoms with E-state index < -0.39 is 11.4 Å². The fraction of sp³-hybridized carbons (Fsp3) is 0.350. The lowest BCUT2D eigenvalue weighted by atomic mass is 9.92. The third kappa shape index (κ3) is 3.69. The van der Waals surface area contributed by atoms with Crippen molar-refractivity contribution in [2.24, 2.45) is 5.92 Å². The van der Waals surface area contributed by atoms with Crippen molar-refractivity contribution in [2.45, 2.75) is 26.3 Å². The maximum Gasteiger partial charge on any atom is 0.268 e. The number of piperidine rings is 1. The van der Waals surface area contributed by atoms with E-state index in [4.69, 9.17) is 5.73 Å². The van der Waals surface area contributed by atoms with Gasteiger partial charge in [-0.2, -0.15) is 10.5 Å². The van der Waals surface area contributed by atoms with E-state index in [2.05, 4.69) is 16.8 Å². The van der Waals surface area contributed by atoms with E-state index in [0.29, 0.717) is 23.6 Å². The quantitative estimate of drug-likeness (QED) is 0.869. The van der Waals surface area contributed by atoms with Crippen molar-refractivity contribution in [1.29, 1.82) is 10.5 Å². The molecule has 0 spiro atoms. The van der Waals surface area contributed by atoms with E-state index in [9.17, 15) is 19.7 Å². The number of nitrogen functional groups attached to an aromatic ring is 1. The summed E-state index contributed by atoms with van der Waals surface area (Å²) in [6.45, 7) is 4.47. The number of nitrogens with one attached hydrogen (secondary N) is 1. The molecule has 1 fully saturated rings. The highest BCUT2D eigenvalue weighted by Gasteiger charge is 2.23. The molecule has 0 aliphatic carbocycles. The SMILES string of the molecule is CC1CCN(Cc2cc(F)ccc2-c2c(C#N)c(N)[nH]c(=O)c2C#N)CC1. The number of pyridine rings is 1. The average Bonchev–Trinajstić information content (AvgIpc) is 2.63. The Hall–Kier alpha value is -3.16. The minimum atomic E-state index is -0.661. The summed E-state index contributed by atoms with van der Waals surface area (Å²) in [6, 6.07) is 7.98. The van der Waals surface area contributed by atoms with Gasteiger partial charge in [-0.3, -0.25) is 9.69 Å². The van der Waals surface area contributed by atoms with Crippen molar-refractivity contribution in [3.63, 3.8) is 0 Å². The van der Waals surface area contributed by atoms with Crippen molar-refractivity contribution < 1.29 is 4.39 Å². The molecule has 1 aliphatic rings. The van der Waals surface area contributed by atoms with E-state index in [0.717, 1.165) is 25.9 Å². The largest absolute Gasteiger partial charge is 0.384 e. The molecule has 2 aromatic rings. The zero-order valence-electron chi connectivity index (χ0n) is 15.1. The van der Waals surface area contributed by atoms with Crippen LogP contribution in [0, 0.1) is 34.4 Å². The van der Waals surface area contributed by atoms with Gasteiger partial charge in [0.2, 0.25) is 0 Å². The summed E-state index contributed by atoms with van der Waals surface area (Å²) in [4.78, 5) is 16.7. The summed E-state index contributed by atoms with van der Waals surface area (Å²) in [6.07, 6.45) is 2.13. The number of anilines is 1. The second kappa shape index (κ2) is 7.61. The van der Waals surface area contributed by atoms with E-state index in [1.807, 2.05) is 12.1 Å². The first-order chi connectivity index (χ1) is 12.9. The molecular weight excluding hydrogens is 345 g/mol. The Morgan fingerprint density at radius 3 is 2.56 bits per heavy atom. The van der Waals surface area contributed by atoms with Crippen molar-refractivity contribution in [3.8, 4) is 23.3 Å². The third-order valence-corrected chi connectivity index (χ3v) is 5.08. The maximum absolute atomic E-state index is 14.0. The van der Waals surface area contributed by atoms with Gasteiger partial charge in [0.05, 0.1) is 0 Å². The van der Waals surface area contributed by atoms with Crippen LogP contribution in [0.3, 0.4) is 0 Å². The van der Waals surface area contributed by atoms with Crippen LogP contribution in [0.4, 0.5) is 10.2 Å². The first kappa shape index (κ1) is 18.6. The minimum absolute atomic E-state index is 0.0197. The molecule has 6 nitrogen and oxygen atoms in total. The lowest BCUT2D eigenvalue weighted by molar-refractivity contribution is 0.185. The van der Waals surface area contributed by atoms with E-state index in [1.165, 1.54) is 18.2 Å². The Labute approximate surface area is 156 Å².